The fourth-order valence-corrected chi connectivity index (χ4v) is 15.7. The van der Waals surface area contributed by atoms with Crippen molar-refractivity contribution >= 4 is 101 Å². The first kappa shape index (κ1) is 56.2. The fourth-order valence-electron chi connectivity index (χ4n) is 15.7. The highest BCUT2D eigenvalue weighted by Gasteiger charge is 2.45. The Balaban J connectivity index is 1.02. The van der Waals surface area contributed by atoms with Gasteiger partial charge in [-0.2, -0.15) is 0 Å². The lowest BCUT2D eigenvalue weighted by Crippen LogP contribution is -2.61. The standard InChI is InChI=1S/C94H83BN4/c1-91(2,3)68-35-25-34-63(51-68)65-43-47-78-84(55-65)96(73-52-66(61-30-19-14-20-31-61)50-67(53-73)62-32-21-15-22-33-62)86-58-71(94(10,11)12)59-87-88(86)95(78)79-46-42-64(60-28-17-13-18-29-60)54-85(79)99(87)83-41-27-39-75-74-38-26-40-82(89(74)97(90(75)83)72-36-23-16-24-37-72)98-80-48-44-69(92(4,5)6)56-76(80)77-57-70(93(7,8)9)45-49-81(77)98/h13-59H,1-12H3/i13D,17D,18D,28D,29D. The summed E-state index contributed by atoms with van der Waals surface area (Å²) in [5.74, 6) is 0. The van der Waals surface area contributed by atoms with Crippen LogP contribution < -0.4 is 26.2 Å². The highest BCUT2D eigenvalue weighted by molar-refractivity contribution is 7.00. The number of rotatable bonds is 8. The lowest BCUT2D eigenvalue weighted by atomic mass is 9.33. The highest BCUT2D eigenvalue weighted by atomic mass is 15.2. The van der Waals surface area contributed by atoms with E-state index in [-0.39, 0.29) is 52.7 Å². The molecule has 0 spiro atoms. The summed E-state index contributed by atoms with van der Waals surface area (Å²) in [6.07, 6.45) is 0. The monoisotopic (exact) mass is 1280 g/mol. The number of anilines is 6. The molecule has 5 heteroatoms. The molecule has 0 bridgehead atoms. The third-order valence-corrected chi connectivity index (χ3v) is 20.9. The van der Waals surface area contributed by atoms with Gasteiger partial charge in [0.05, 0.1) is 40.3 Å². The summed E-state index contributed by atoms with van der Waals surface area (Å²) >= 11 is 0. The van der Waals surface area contributed by atoms with Crippen molar-refractivity contribution in [2.45, 2.75) is 105 Å². The average molecular weight is 1280 g/mol. The minimum Gasteiger partial charge on any atom is -0.311 e. The summed E-state index contributed by atoms with van der Waals surface area (Å²) in [5.41, 5.74) is 27.0. The summed E-state index contributed by atoms with van der Waals surface area (Å²) < 4.78 is 51.1. The van der Waals surface area contributed by atoms with E-state index in [1.165, 1.54) is 27.5 Å². The molecule has 2 aliphatic rings. The molecular weight excluding hydrogens is 1200 g/mol. The Hall–Kier alpha value is -10.9. The van der Waals surface area contributed by atoms with Gasteiger partial charge >= 0.3 is 0 Å². The molecule has 0 N–H and O–H groups in total. The lowest BCUT2D eigenvalue weighted by molar-refractivity contribution is 0.590. The summed E-state index contributed by atoms with van der Waals surface area (Å²) in [7, 11) is 0. The largest absolute Gasteiger partial charge is 0.311 e. The topological polar surface area (TPSA) is 16.3 Å². The number of aromatic nitrogens is 2. The normalized spacial score (nSPS) is 13.9. The van der Waals surface area contributed by atoms with Gasteiger partial charge in [0.2, 0.25) is 0 Å². The van der Waals surface area contributed by atoms with E-state index in [0.29, 0.717) is 5.56 Å². The molecule has 0 aliphatic carbocycles. The second-order valence-electron chi connectivity index (χ2n) is 31.5. The Morgan fingerprint density at radius 3 is 1.27 bits per heavy atom. The van der Waals surface area contributed by atoms with Gasteiger partial charge in [0.25, 0.3) is 6.71 Å². The van der Waals surface area contributed by atoms with Gasteiger partial charge < -0.3 is 18.9 Å². The van der Waals surface area contributed by atoms with Crippen LogP contribution in [0.4, 0.5) is 34.1 Å². The van der Waals surface area contributed by atoms with Gasteiger partial charge in [0, 0.05) is 55.7 Å². The van der Waals surface area contributed by atoms with Crippen molar-refractivity contribution in [1.82, 2.24) is 9.13 Å². The van der Waals surface area contributed by atoms with E-state index in [4.69, 9.17) is 4.11 Å². The molecule has 15 aromatic rings. The number of fused-ring (bicyclic) bond motifs is 10. The molecule has 0 saturated heterocycles. The van der Waals surface area contributed by atoms with Crippen LogP contribution in [0.1, 0.15) is 112 Å². The van der Waals surface area contributed by atoms with Crippen molar-refractivity contribution in [3.8, 4) is 55.9 Å². The zero-order valence-corrected chi connectivity index (χ0v) is 58.6. The van der Waals surface area contributed by atoms with Crippen molar-refractivity contribution in [2.24, 2.45) is 0 Å². The zero-order chi connectivity index (χ0) is 72.4. The van der Waals surface area contributed by atoms with Crippen molar-refractivity contribution in [3.05, 3.63) is 307 Å². The molecule has 0 fully saturated rings. The van der Waals surface area contributed by atoms with Gasteiger partial charge in [-0.05, 0) is 196 Å². The second kappa shape index (κ2) is 22.9. The third kappa shape index (κ3) is 10.3. The third-order valence-electron chi connectivity index (χ3n) is 20.9. The van der Waals surface area contributed by atoms with Gasteiger partial charge in [-0.25, -0.2) is 0 Å². The van der Waals surface area contributed by atoms with Crippen molar-refractivity contribution in [1.29, 1.82) is 0 Å². The predicted molar refractivity (Wildman–Crippen MR) is 426 cm³/mol. The molecule has 0 amide bonds. The molecule has 482 valence electrons. The minimum atomic E-state index is -0.428. The molecule has 0 unspecified atom stereocenters. The number of benzene rings is 13. The van der Waals surface area contributed by atoms with Crippen molar-refractivity contribution < 1.29 is 6.85 Å². The molecule has 0 saturated carbocycles. The van der Waals surface area contributed by atoms with Crippen LogP contribution in [0.3, 0.4) is 0 Å². The number of para-hydroxylation sites is 3. The van der Waals surface area contributed by atoms with Gasteiger partial charge in [0.1, 0.15) is 0 Å². The molecule has 99 heavy (non-hydrogen) atoms. The van der Waals surface area contributed by atoms with Crippen LogP contribution >= 0.6 is 0 Å². The predicted octanol–water partition coefficient (Wildman–Crippen LogP) is 23.8. The molecule has 17 rings (SSSR count). The van der Waals surface area contributed by atoms with Crippen molar-refractivity contribution in [2.75, 3.05) is 9.80 Å². The van der Waals surface area contributed by atoms with Crippen LogP contribution in [-0.4, -0.2) is 15.8 Å². The van der Waals surface area contributed by atoms with Crippen LogP contribution in [0, 0.1) is 0 Å². The smallest absolute Gasteiger partial charge is 0.252 e. The minimum absolute atomic E-state index is 0.0850. The second-order valence-corrected chi connectivity index (χ2v) is 31.5. The van der Waals surface area contributed by atoms with E-state index < -0.39 is 11.5 Å². The van der Waals surface area contributed by atoms with Crippen LogP contribution in [0.25, 0.3) is 99.5 Å². The molecule has 0 atom stereocenters. The molecule has 13 aromatic carbocycles. The maximum atomic E-state index is 9.58. The summed E-state index contributed by atoms with van der Waals surface area (Å²) in [4.78, 5) is 5.02. The van der Waals surface area contributed by atoms with E-state index in [0.717, 1.165) is 134 Å². The summed E-state index contributed by atoms with van der Waals surface area (Å²) in [6.45, 7) is 27.1. The maximum Gasteiger partial charge on any atom is 0.252 e. The molecular formula is C94H83BN4. The Morgan fingerprint density at radius 1 is 0.273 bits per heavy atom. The molecule has 0 radical (unpaired) electrons. The zero-order valence-electron chi connectivity index (χ0n) is 63.6. The van der Waals surface area contributed by atoms with Crippen LogP contribution in [0.2, 0.25) is 0 Å². The van der Waals surface area contributed by atoms with E-state index in [9.17, 15) is 2.74 Å². The SMILES string of the molecule is [2H]c1c([2H])c([2H])c(-c2ccc3c(c2)N(c2cccc4c5cccc(-n6c7ccc(C(C)(C)C)cc7c7cc(C(C)(C)C)ccc76)c5n(-c5ccccc5)c24)c2cc(C(C)(C)C)cc4c2B3c2ccc(-c3cccc(C(C)(C)C)c3)cc2N4c2cc(-c3ccccc3)cc(-c3ccccc3)c2)c([2H])c1[2H]. The quantitative estimate of drug-likeness (QED) is 0.141. The first-order valence-corrected chi connectivity index (χ1v) is 34.9. The Bertz CT molecular complexity index is 5880. The van der Waals surface area contributed by atoms with Gasteiger partial charge in [-0.15, -0.1) is 0 Å². The fraction of sp³-hybridized carbons (Fsp3) is 0.170. The van der Waals surface area contributed by atoms with Gasteiger partial charge in [0.15, 0.2) is 0 Å². The van der Waals surface area contributed by atoms with Gasteiger partial charge in [-0.3, -0.25) is 0 Å². The number of nitrogens with zero attached hydrogens (tertiary/aromatic N) is 4. The van der Waals surface area contributed by atoms with E-state index in [2.05, 4.69) is 351 Å². The average Bonchev–Trinajstić information content (AvgIpc) is 1.09. The van der Waals surface area contributed by atoms with Gasteiger partial charge in [-0.1, -0.05) is 277 Å². The maximum absolute atomic E-state index is 9.58. The number of hydrogen-bond donors (Lipinski definition) is 0. The lowest BCUT2D eigenvalue weighted by Gasteiger charge is -2.45. The molecule has 4 heterocycles. The molecule has 4 nitrogen and oxygen atoms in total. The van der Waals surface area contributed by atoms with Crippen molar-refractivity contribution in [3.63, 3.8) is 0 Å². The van der Waals surface area contributed by atoms with Crippen LogP contribution in [0.5, 0.6) is 0 Å². The molecule has 2 aliphatic heterocycles. The Labute approximate surface area is 591 Å². The Kier molecular flexibility index (Phi) is 13.0. The van der Waals surface area contributed by atoms with E-state index in [1.54, 1.807) is 0 Å². The molecule has 2 aromatic heterocycles. The van der Waals surface area contributed by atoms with Crippen LogP contribution in [-0.2, 0) is 21.7 Å². The van der Waals surface area contributed by atoms with E-state index in [1.807, 2.05) is 6.07 Å². The first-order chi connectivity index (χ1) is 49.7. The summed E-state index contributed by atoms with van der Waals surface area (Å²) in [6, 6.07) is 92.5. The summed E-state index contributed by atoms with van der Waals surface area (Å²) in [5, 5.41) is 4.56. The van der Waals surface area contributed by atoms with E-state index >= 15 is 0 Å². The number of hydrogen-bond acceptors (Lipinski definition) is 2. The highest BCUT2D eigenvalue weighted by Crippen LogP contribution is 2.52. The first-order valence-electron chi connectivity index (χ1n) is 37.4. The van der Waals surface area contributed by atoms with Crippen LogP contribution in [0.15, 0.2) is 285 Å². The Morgan fingerprint density at radius 2 is 0.727 bits per heavy atom.